The number of amides is 1. The molecule has 2 aromatic heterocycles. The second-order valence-electron chi connectivity index (χ2n) is 7.61. The summed E-state index contributed by atoms with van der Waals surface area (Å²) in [7, 11) is -3.62. The number of hydrogen-bond donors (Lipinski definition) is 1. The van der Waals surface area contributed by atoms with Crippen molar-refractivity contribution in [1.82, 2.24) is 19.8 Å². The number of piperidine rings is 1. The van der Waals surface area contributed by atoms with Gasteiger partial charge < -0.3 is 9.84 Å². The summed E-state index contributed by atoms with van der Waals surface area (Å²) in [5.41, 5.74) is 2.84. The van der Waals surface area contributed by atoms with Gasteiger partial charge in [0.05, 0.1) is 0 Å². The molecule has 1 aliphatic heterocycles. The number of carbonyl (C=O) groups is 1. The maximum atomic E-state index is 13.0. The predicted molar refractivity (Wildman–Crippen MR) is 117 cm³/mol. The molecule has 1 N–H and O–H groups in total. The first kappa shape index (κ1) is 21.7. The van der Waals surface area contributed by atoms with E-state index in [1.165, 1.54) is 4.31 Å². The molecule has 3 aromatic rings. The van der Waals surface area contributed by atoms with E-state index in [2.05, 4.69) is 15.5 Å². The first-order chi connectivity index (χ1) is 14.8. The molecular formula is C21H24N4O4S2. The fraction of sp³-hybridized carbons (Fsp3) is 0.381. The normalized spacial score (nSPS) is 15.8. The zero-order valence-electron chi connectivity index (χ0n) is 17.4. The molecule has 0 atom stereocenters. The minimum atomic E-state index is -3.62. The lowest BCUT2D eigenvalue weighted by Crippen LogP contribution is -2.42. The Morgan fingerprint density at radius 2 is 2.00 bits per heavy atom. The van der Waals surface area contributed by atoms with Crippen LogP contribution < -0.4 is 5.32 Å². The number of nitrogens with one attached hydrogen (secondary N) is 1. The fourth-order valence-corrected chi connectivity index (χ4v) is 6.39. The minimum Gasteiger partial charge on any atom is -0.352 e. The highest BCUT2D eigenvalue weighted by molar-refractivity contribution is 7.91. The summed E-state index contributed by atoms with van der Waals surface area (Å²) in [4.78, 5) is 16.7. The van der Waals surface area contributed by atoms with E-state index in [1.807, 2.05) is 31.2 Å². The number of thiophene rings is 1. The smallest absolute Gasteiger partial charge is 0.252 e. The largest absolute Gasteiger partial charge is 0.352 e. The van der Waals surface area contributed by atoms with Crippen molar-refractivity contribution in [3.05, 3.63) is 52.7 Å². The number of aryl methyl sites for hydroxylation is 2. The number of hydrogen-bond acceptors (Lipinski definition) is 7. The van der Waals surface area contributed by atoms with Gasteiger partial charge in [-0.2, -0.15) is 9.29 Å². The molecule has 1 fully saturated rings. The van der Waals surface area contributed by atoms with Gasteiger partial charge in [0, 0.05) is 43.4 Å². The van der Waals surface area contributed by atoms with Crippen molar-refractivity contribution in [2.24, 2.45) is 5.92 Å². The Bertz CT molecular complexity index is 1180. The molecule has 1 amide bonds. The number of sulfonamides is 1. The third-order valence-corrected chi connectivity index (χ3v) is 8.81. The number of rotatable bonds is 6. The standard InChI is InChI=1S/C21H24N4O4S2/c1-14-5-3-4-6-17(14)12-22-21(26)16-7-9-25(10-8-16)31(27,28)19-11-18(13-30-19)20-23-15(2)29-24-20/h3-6,11,13,16H,7-10,12H2,1-2H3,(H,22,26). The second-order valence-corrected chi connectivity index (χ2v) is 10.7. The van der Waals surface area contributed by atoms with E-state index in [1.54, 1.807) is 18.4 Å². The second kappa shape index (κ2) is 8.89. The summed E-state index contributed by atoms with van der Waals surface area (Å²) in [6.07, 6.45) is 1.00. The number of nitrogens with zero attached hydrogens (tertiary/aromatic N) is 3. The van der Waals surface area contributed by atoms with Crippen LogP contribution in [-0.2, 0) is 21.4 Å². The van der Waals surface area contributed by atoms with Crippen molar-refractivity contribution in [2.45, 2.75) is 37.4 Å². The minimum absolute atomic E-state index is 0.0220. The lowest BCUT2D eigenvalue weighted by atomic mass is 9.97. The average Bonchev–Trinajstić information content (AvgIpc) is 3.42. The van der Waals surface area contributed by atoms with E-state index >= 15 is 0 Å². The van der Waals surface area contributed by atoms with Crippen LogP contribution in [0.2, 0.25) is 0 Å². The van der Waals surface area contributed by atoms with Gasteiger partial charge in [0.1, 0.15) is 4.21 Å². The van der Waals surface area contributed by atoms with Gasteiger partial charge in [-0.3, -0.25) is 4.79 Å². The van der Waals surface area contributed by atoms with Crippen LogP contribution in [0.15, 0.2) is 44.4 Å². The Hall–Kier alpha value is -2.56. The molecular weight excluding hydrogens is 436 g/mol. The Morgan fingerprint density at radius 1 is 1.26 bits per heavy atom. The highest BCUT2D eigenvalue weighted by Crippen LogP contribution is 2.31. The summed E-state index contributed by atoms with van der Waals surface area (Å²) >= 11 is 1.14. The van der Waals surface area contributed by atoms with E-state index in [4.69, 9.17) is 4.52 Å². The first-order valence-electron chi connectivity index (χ1n) is 10.1. The molecule has 31 heavy (non-hydrogen) atoms. The molecule has 10 heteroatoms. The van der Waals surface area contributed by atoms with Crippen LogP contribution in [0.1, 0.15) is 29.9 Å². The van der Waals surface area contributed by atoms with Crippen molar-refractivity contribution in [2.75, 3.05) is 13.1 Å². The zero-order valence-corrected chi connectivity index (χ0v) is 19.0. The monoisotopic (exact) mass is 460 g/mol. The van der Waals surface area contributed by atoms with Crippen LogP contribution in [-0.4, -0.2) is 41.9 Å². The number of carbonyl (C=O) groups excluding carboxylic acids is 1. The van der Waals surface area contributed by atoms with Crippen LogP contribution in [0.25, 0.3) is 11.4 Å². The van der Waals surface area contributed by atoms with Gasteiger partial charge in [0.2, 0.25) is 17.6 Å². The zero-order chi connectivity index (χ0) is 22.0. The van der Waals surface area contributed by atoms with E-state index in [0.717, 1.165) is 22.5 Å². The van der Waals surface area contributed by atoms with Gasteiger partial charge in [-0.15, -0.1) is 11.3 Å². The number of benzene rings is 1. The third-order valence-electron chi connectivity index (χ3n) is 5.49. The molecule has 164 valence electrons. The van der Waals surface area contributed by atoms with Gasteiger partial charge in [0.25, 0.3) is 10.0 Å². The van der Waals surface area contributed by atoms with E-state index in [0.29, 0.717) is 49.8 Å². The molecule has 8 nitrogen and oxygen atoms in total. The lowest BCUT2D eigenvalue weighted by molar-refractivity contribution is -0.126. The highest BCUT2D eigenvalue weighted by Gasteiger charge is 2.33. The van der Waals surface area contributed by atoms with Crippen molar-refractivity contribution in [3.8, 4) is 11.4 Å². The highest BCUT2D eigenvalue weighted by atomic mass is 32.2. The first-order valence-corrected chi connectivity index (χ1v) is 12.4. The SMILES string of the molecule is Cc1nc(-c2csc(S(=O)(=O)N3CCC(C(=O)NCc4ccccc4C)CC3)c2)no1. The van der Waals surface area contributed by atoms with Gasteiger partial charge in [-0.05, 0) is 37.0 Å². The quantitative estimate of drug-likeness (QED) is 0.606. The molecule has 1 aliphatic rings. The van der Waals surface area contributed by atoms with Gasteiger partial charge >= 0.3 is 0 Å². The molecule has 1 aromatic carbocycles. The molecule has 0 saturated carbocycles. The molecule has 1 saturated heterocycles. The molecule has 0 radical (unpaired) electrons. The maximum absolute atomic E-state index is 13.0. The Morgan fingerprint density at radius 3 is 2.68 bits per heavy atom. The van der Waals surface area contributed by atoms with Crippen molar-refractivity contribution >= 4 is 27.3 Å². The van der Waals surface area contributed by atoms with E-state index in [9.17, 15) is 13.2 Å². The predicted octanol–water partition coefficient (Wildman–Crippen LogP) is 3.13. The van der Waals surface area contributed by atoms with Crippen molar-refractivity contribution in [1.29, 1.82) is 0 Å². The molecule has 0 unspecified atom stereocenters. The maximum Gasteiger partial charge on any atom is 0.252 e. The molecule has 0 bridgehead atoms. The van der Waals surface area contributed by atoms with Crippen LogP contribution in [0, 0.1) is 19.8 Å². The lowest BCUT2D eigenvalue weighted by Gasteiger charge is -2.30. The summed E-state index contributed by atoms with van der Waals surface area (Å²) in [6.45, 7) is 4.82. The van der Waals surface area contributed by atoms with Crippen LogP contribution in [0.5, 0.6) is 0 Å². The van der Waals surface area contributed by atoms with E-state index in [-0.39, 0.29) is 16.0 Å². The van der Waals surface area contributed by atoms with Crippen LogP contribution >= 0.6 is 11.3 Å². The molecule has 0 aliphatic carbocycles. The van der Waals surface area contributed by atoms with Crippen molar-refractivity contribution < 1.29 is 17.7 Å². The van der Waals surface area contributed by atoms with Crippen molar-refractivity contribution in [3.63, 3.8) is 0 Å². The average molecular weight is 461 g/mol. The topological polar surface area (TPSA) is 105 Å². The Balaban J connectivity index is 1.35. The van der Waals surface area contributed by atoms with Crippen LogP contribution in [0.3, 0.4) is 0 Å². The Kier molecular flexibility index (Phi) is 6.22. The molecule has 4 rings (SSSR count). The fourth-order valence-electron chi connectivity index (χ4n) is 3.61. The van der Waals surface area contributed by atoms with Gasteiger partial charge in [0.15, 0.2) is 0 Å². The summed E-state index contributed by atoms with van der Waals surface area (Å²) < 4.78 is 32.7. The van der Waals surface area contributed by atoms with E-state index < -0.39 is 10.0 Å². The van der Waals surface area contributed by atoms with Gasteiger partial charge in [-0.1, -0.05) is 29.4 Å². The van der Waals surface area contributed by atoms with Gasteiger partial charge in [-0.25, -0.2) is 8.42 Å². The summed E-state index contributed by atoms with van der Waals surface area (Å²) in [6, 6.07) is 9.51. The Labute approximate surface area is 185 Å². The molecule has 0 spiro atoms. The molecule has 3 heterocycles. The van der Waals surface area contributed by atoms with Crippen LogP contribution in [0.4, 0.5) is 0 Å². The third kappa shape index (κ3) is 4.70. The summed E-state index contributed by atoms with van der Waals surface area (Å²) in [5, 5.41) is 8.54. The number of aromatic nitrogens is 2. The summed E-state index contributed by atoms with van der Waals surface area (Å²) in [5.74, 6) is 0.593.